The number of rotatable bonds is 4. The van der Waals surface area contributed by atoms with Crippen molar-refractivity contribution in [1.82, 2.24) is 5.16 Å². The Hall–Kier alpha value is -1.79. The Bertz CT molecular complexity index is 772. The standard InChI is InChI=1S/C17H11F3NO3.C5H5.Fe/c18-17(19,20)13-7-5-11(6-8-13)15-9-14(24-21-15)10-23-16(22)12-3-1-2-4-12;1-2-4-5-3-1;/h1-9H,10H2;1-5H;/q;;+3. The second-order valence-electron chi connectivity index (χ2n) is 5.97. The molecule has 0 aliphatic heterocycles. The van der Waals surface area contributed by atoms with Crippen LogP contribution in [-0.4, -0.2) is 11.1 Å². The first-order valence-electron chi connectivity index (χ1n) is 8.62. The van der Waals surface area contributed by atoms with Crippen LogP contribution in [0.4, 0.5) is 13.2 Å². The van der Waals surface area contributed by atoms with Gasteiger partial charge in [-0.2, -0.15) is 13.2 Å². The van der Waals surface area contributed by atoms with E-state index >= 15 is 0 Å². The summed E-state index contributed by atoms with van der Waals surface area (Å²) in [5.41, 5.74) is 0.0991. The van der Waals surface area contributed by atoms with E-state index in [9.17, 15) is 18.0 Å². The molecule has 1 aromatic heterocycles. The summed E-state index contributed by atoms with van der Waals surface area (Å²) in [4.78, 5) is 11.7. The largest absolute Gasteiger partial charge is 3.00 e. The second kappa shape index (κ2) is 11.6. The number of hydrogen-bond donors (Lipinski definition) is 0. The average molecular weight is 455 g/mol. The summed E-state index contributed by atoms with van der Waals surface area (Å²) in [6.45, 7) is -0.113. The molecule has 1 aromatic carbocycles. The van der Waals surface area contributed by atoms with Crippen LogP contribution in [0.15, 0.2) is 34.9 Å². The molecule has 30 heavy (non-hydrogen) atoms. The van der Waals surface area contributed by atoms with Gasteiger partial charge in [0.05, 0.1) is 11.5 Å². The van der Waals surface area contributed by atoms with Crippen molar-refractivity contribution >= 4 is 5.97 Å². The fraction of sp³-hybridized carbons (Fsp3) is 0.0909. The van der Waals surface area contributed by atoms with Crippen LogP contribution in [0.2, 0.25) is 0 Å². The van der Waals surface area contributed by atoms with Crippen molar-refractivity contribution in [2.45, 2.75) is 12.8 Å². The minimum absolute atomic E-state index is 0. The van der Waals surface area contributed by atoms with Gasteiger partial charge in [-0.25, -0.2) is 0 Å². The topological polar surface area (TPSA) is 52.3 Å². The summed E-state index contributed by atoms with van der Waals surface area (Å²) in [5.74, 6) is 0.231. The molecule has 0 spiro atoms. The van der Waals surface area contributed by atoms with Crippen molar-refractivity contribution in [3.63, 3.8) is 0 Å². The van der Waals surface area contributed by atoms with E-state index in [4.69, 9.17) is 9.26 Å². The number of carbonyl (C=O) groups is 1. The van der Waals surface area contributed by atoms with Crippen LogP contribution < -0.4 is 0 Å². The molecule has 2 fully saturated rings. The minimum Gasteiger partial charge on any atom is -0.457 e. The smallest absolute Gasteiger partial charge is 0.457 e. The van der Waals surface area contributed by atoms with E-state index in [0.717, 1.165) is 12.1 Å². The van der Waals surface area contributed by atoms with Crippen LogP contribution in [0.25, 0.3) is 11.3 Å². The van der Waals surface area contributed by atoms with Gasteiger partial charge in [0.15, 0.2) is 12.4 Å². The molecule has 0 bridgehead atoms. The Morgan fingerprint density at radius 3 is 2.03 bits per heavy atom. The summed E-state index contributed by atoms with van der Waals surface area (Å²) < 4.78 is 47.7. The first-order chi connectivity index (χ1) is 13.9. The van der Waals surface area contributed by atoms with Gasteiger partial charge < -0.3 is 9.26 Å². The zero-order chi connectivity index (χ0) is 20.7. The monoisotopic (exact) mass is 455 g/mol. The molecule has 2 aromatic rings. The van der Waals surface area contributed by atoms with Crippen molar-refractivity contribution < 1.29 is 44.3 Å². The molecule has 0 N–H and O–H groups in total. The Kier molecular flexibility index (Phi) is 9.43. The maximum absolute atomic E-state index is 12.5. The first kappa shape index (κ1) is 24.5. The number of carbonyl (C=O) groups excluding carboxylic acids is 1. The van der Waals surface area contributed by atoms with Gasteiger partial charge in [-0.1, -0.05) is 17.3 Å². The van der Waals surface area contributed by atoms with Crippen LogP contribution in [0.5, 0.6) is 0 Å². The first-order valence-corrected chi connectivity index (χ1v) is 8.62. The molecule has 2 saturated carbocycles. The zero-order valence-corrected chi connectivity index (χ0v) is 16.6. The van der Waals surface area contributed by atoms with Gasteiger partial charge in [0, 0.05) is 11.6 Å². The molecule has 153 valence electrons. The van der Waals surface area contributed by atoms with Gasteiger partial charge in [-0.3, -0.25) is 4.79 Å². The predicted octanol–water partition coefficient (Wildman–Crippen LogP) is 4.83. The number of benzene rings is 1. The van der Waals surface area contributed by atoms with E-state index < -0.39 is 17.7 Å². The minimum atomic E-state index is -4.39. The van der Waals surface area contributed by atoms with Crippen LogP contribution in [0, 0.1) is 63.7 Å². The fourth-order valence-corrected chi connectivity index (χ4v) is 2.40. The van der Waals surface area contributed by atoms with Crippen LogP contribution in [0.3, 0.4) is 0 Å². The van der Waals surface area contributed by atoms with Crippen molar-refractivity contribution in [1.29, 1.82) is 0 Å². The SMILES string of the molecule is O=C(OCc1cc(-c2ccc(C(F)(F)F)cc2)no1)[C]1[CH][CH][CH][CH]1.[CH]1[CH][CH][CH][CH]1.[Fe+3]. The van der Waals surface area contributed by atoms with Gasteiger partial charge in [0.25, 0.3) is 0 Å². The molecule has 1 heterocycles. The third-order valence-electron chi connectivity index (χ3n) is 3.87. The average Bonchev–Trinajstić information content (AvgIpc) is 3.49. The Labute approximate surface area is 185 Å². The third kappa shape index (κ3) is 7.17. The van der Waals surface area contributed by atoms with E-state index in [-0.39, 0.29) is 23.7 Å². The van der Waals surface area contributed by atoms with Crippen molar-refractivity contribution in [3.05, 3.63) is 105 Å². The molecule has 8 heteroatoms. The molecule has 11 radical (unpaired) electrons. The number of ether oxygens (including phenoxy) is 1. The van der Waals surface area contributed by atoms with Crippen LogP contribution in [-0.2, 0) is 39.4 Å². The van der Waals surface area contributed by atoms with E-state index in [1.165, 1.54) is 18.2 Å². The number of esters is 1. The zero-order valence-electron chi connectivity index (χ0n) is 15.4. The van der Waals surface area contributed by atoms with Crippen molar-refractivity contribution in [2.24, 2.45) is 0 Å². The maximum Gasteiger partial charge on any atom is 3.00 e. The Balaban J connectivity index is 0.000000468. The fourth-order valence-electron chi connectivity index (χ4n) is 2.40. The van der Waals surface area contributed by atoms with E-state index in [2.05, 4.69) is 5.16 Å². The summed E-state index contributed by atoms with van der Waals surface area (Å²) in [5, 5.41) is 3.77. The molecule has 4 rings (SSSR count). The molecular weight excluding hydrogens is 439 g/mol. The van der Waals surface area contributed by atoms with Gasteiger partial charge in [-0.15, -0.1) is 0 Å². The molecule has 2 aliphatic rings. The Morgan fingerprint density at radius 2 is 1.50 bits per heavy atom. The second-order valence-corrected chi connectivity index (χ2v) is 5.97. The Morgan fingerprint density at radius 1 is 0.933 bits per heavy atom. The maximum atomic E-state index is 12.5. The molecule has 2 aliphatic carbocycles. The van der Waals surface area contributed by atoms with E-state index in [1.807, 2.05) is 32.1 Å². The molecule has 0 unspecified atom stereocenters. The summed E-state index contributed by atoms with van der Waals surface area (Å²) >= 11 is 0. The summed E-state index contributed by atoms with van der Waals surface area (Å²) in [7, 11) is 0. The van der Waals surface area contributed by atoms with Crippen LogP contribution >= 0.6 is 0 Å². The number of hydrogen-bond acceptors (Lipinski definition) is 4. The number of aromatic nitrogens is 1. The molecular formula is C22H16F3FeNO3+3. The van der Waals surface area contributed by atoms with E-state index in [1.54, 1.807) is 25.7 Å². The number of alkyl halides is 3. The van der Waals surface area contributed by atoms with Gasteiger partial charge in [-0.05, 0) is 69.9 Å². The molecule has 0 saturated heterocycles. The van der Waals surface area contributed by atoms with Gasteiger partial charge >= 0.3 is 29.2 Å². The summed E-state index contributed by atoms with van der Waals surface area (Å²) in [6, 6.07) is 6.07. The quantitative estimate of drug-likeness (QED) is 0.490. The molecule has 0 amide bonds. The normalized spacial score (nSPS) is 16.5. The number of nitrogens with zero attached hydrogens (tertiary/aromatic N) is 1. The summed E-state index contributed by atoms with van der Waals surface area (Å²) in [6.07, 6.45) is 12.3. The predicted molar refractivity (Wildman–Crippen MR) is 98.7 cm³/mol. The van der Waals surface area contributed by atoms with Crippen molar-refractivity contribution in [2.75, 3.05) is 0 Å². The molecule has 4 nitrogen and oxygen atoms in total. The van der Waals surface area contributed by atoms with Gasteiger partial charge in [0.1, 0.15) is 5.69 Å². The van der Waals surface area contributed by atoms with E-state index in [0.29, 0.717) is 22.9 Å². The molecule has 0 atom stereocenters. The van der Waals surface area contributed by atoms with Crippen molar-refractivity contribution in [3.8, 4) is 11.3 Å². The third-order valence-corrected chi connectivity index (χ3v) is 3.87. The van der Waals surface area contributed by atoms with Gasteiger partial charge in [0.2, 0.25) is 0 Å². The van der Waals surface area contributed by atoms with Crippen LogP contribution in [0.1, 0.15) is 11.3 Å². The number of halogens is 3.